The van der Waals surface area contributed by atoms with E-state index in [2.05, 4.69) is 11.9 Å². The molecule has 0 bridgehead atoms. The van der Waals surface area contributed by atoms with Crippen molar-refractivity contribution < 1.29 is 9.90 Å². The van der Waals surface area contributed by atoms with E-state index in [9.17, 15) is 9.90 Å². The Morgan fingerprint density at radius 3 is 2.60 bits per heavy atom. The van der Waals surface area contributed by atoms with Crippen molar-refractivity contribution in [3.8, 4) is 0 Å². The Balaban J connectivity index is 2.18. The van der Waals surface area contributed by atoms with Crippen molar-refractivity contribution in [3.05, 3.63) is 35.4 Å². The number of rotatable bonds is 4. The Bertz CT molecular complexity index is 467. The van der Waals surface area contributed by atoms with E-state index in [0.29, 0.717) is 6.04 Å². The number of aryl methyl sites for hydroxylation is 1. The van der Waals surface area contributed by atoms with Gasteiger partial charge >= 0.3 is 5.97 Å². The number of carboxylic acid groups (broad SMARTS) is 1. The topological polar surface area (TPSA) is 43.8 Å². The predicted octanol–water partition coefficient (Wildman–Crippen LogP) is 2.15. The van der Waals surface area contributed by atoms with E-state index in [1.807, 2.05) is 43.1 Å². The predicted molar refractivity (Wildman–Crippen MR) is 79.8 cm³/mol. The average Bonchev–Trinajstić information content (AvgIpc) is 2.39. The highest BCUT2D eigenvalue weighted by Gasteiger charge is 2.31. The first-order valence-corrected chi connectivity index (χ1v) is 7.19. The van der Waals surface area contributed by atoms with E-state index < -0.39 is 12.0 Å². The molecule has 4 heteroatoms. The number of carbonyl (C=O) groups is 1. The molecule has 1 aromatic rings. The minimum absolute atomic E-state index is 0.341. The molecule has 1 aliphatic rings. The fourth-order valence-corrected chi connectivity index (χ4v) is 3.01. The van der Waals surface area contributed by atoms with Crippen LogP contribution in [0, 0.1) is 6.92 Å². The molecule has 1 aliphatic heterocycles. The second kappa shape index (κ2) is 6.37. The number of benzene rings is 1. The van der Waals surface area contributed by atoms with Crippen LogP contribution in [0.1, 0.15) is 30.0 Å². The van der Waals surface area contributed by atoms with Crippen molar-refractivity contribution in [1.82, 2.24) is 9.80 Å². The highest BCUT2D eigenvalue weighted by Crippen LogP contribution is 2.26. The van der Waals surface area contributed by atoms with Gasteiger partial charge in [0.1, 0.15) is 6.04 Å². The van der Waals surface area contributed by atoms with Gasteiger partial charge in [-0.05, 0) is 52.5 Å². The van der Waals surface area contributed by atoms with Crippen LogP contribution in [0.25, 0.3) is 0 Å². The minimum atomic E-state index is -0.767. The second-order valence-corrected chi connectivity index (χ2v) is 5.85. The molecule has 4 nitrogen and oxygen atoms in total. The van der Waals surface area contributed by atoms with Gasteiger partial charge in [0.25, 0.3) is 0 Å². The van der Waals surface area contributed by atoms with E-state index in [1.165, 1.54) is 0 Å². The Morgan fingerprint density at radius 2 is 2.05 bits per heavy atom. The van der Waals surface area contributed by atoms with Gasteiger partial charge in [-0.2, -0.15) is 0 Å². The summed E-state index contributed by atoms with van der Waals surface area (Å²) in [6.07, 6.45) is 2.06. The normalized spacial score (nSPS) is 19.2. The maximum Gasteiger partial charge on any atom is 0.325 e. The summed E-state index contributed by atoms with van der Waals surface area (Å²) in [5.74, 6) is -0.767. The van der Waals surface area contributed by atoms with Crippen molar-refractivity contribution in [2.24, 2.45) is 0 Å². The van der Waals surface area contributed by atoms with Gasteiger partial charge in [-0.25, -0.2) is 0 Å². The van der Waals surface area contributed by atoms with Crippen molar-refractivity contribution in [2.75, 3.05) is 27.2 Å². The van der Waals surface area contributed by atoms with E-state index in [-0.39, 0.29) is 0 Å². The number of piperidine rings is 1. The van der Waals surface area contributed by atoms with Crippen LogP contribution >= 0.6 is 0 Å². The van der Waals surface area contributed by atoms with Gasteiger partial charge in [0.15, 0.2) is 0 Å². The number of likely N-dealkylation sites (tertiary alicyclic amines) is 1. The first-order valence-electron chi connectivity index (χ1n) is 7.19. The number of likely N-dealkylation sites (N-methyl/N-ethyl adjacent to an activating group) is 1. The molecular weight excluding hydrogens is 252 g/mol. The number of hydrogen-bond donors (Lipinski definition) is 1. The minimum Gasteiger partial charge on any atom is -0.480 e. The molecule has 110 valence electrons. The fourth-order valence-electron chi connectivity index (χ4n) is 3.01. The quantitative estimate of drug-likeness (QED) is 0.915. The summed E-state index contributed by atoms with van der Waals surface area (Å²) < 4.78 is 0. The van der Waals surface area contributed by atoms with Crippen LogP contribution in [0.5, 0.6) is 0 Å². The number of aliphatic carboxylic acids is 1. The number of carboxylic acids is 1. The zero-order valence-corrected chi connectivity index (χ0v) is 12.5. The summed E-state index contributed by atoms with van der Waals surface area (Å²) >= 11 is 0. The molecule has 2 rings (SSSR count). The number of hydrogen-bond acceptors (Lipinski definition) is 3. The second-order valence-electron chi connectivity index (χ2n) is 5.85. The molecule has 1 unspecified atom stereocenters. The van der Waals surface area contributed by atoms with Crippen LogP contribution in [0.4, 0.5) is 0 Å². The summed E-state index contributed by atoms with van der Waals surface area (Å²) in [7, 11) is 4.06. The molecule has 0 radical (unpaired) electrons. The van der Waals surface area contributed by atoms with Crippen LogP contribution in [0.15, 0.2) is 24.3 Å². The van der Waals surface area contributed by atoms with Gasteiger partial charge in [-0.1, -0.05) is 29.8 Å². The molecule has 0 amide bonds. The Hall–Kier alpha value is -1.39. The first-order chi connectivity index (χ1) is 9.49. The summed E-state index contributed by atoms with van der Waals surface area (Å²) in [4.78, 5) is 16.0. The lowest BCUT2D eigenvalue weighted by Crippen LogP contribution is -2.45. The Labute approximate surface area is 121 Å². The summed E-state index contributed by atoms with van der Waals surface area (Å²) in [5.41, 5.74) is 1.98. The Morgan fingerprint density at radius 1 is 1.40 bits per heavy atom. The summed E-state index contributed by atoms with van der Waals surface area (Å²) in [5, 5.41) is 9.62. The fraction of sp³-hybridized carbons (Fsp3) is 0.562. The van der Waals surface area contributed by atoms with Gasteiger partial charge < -0.3 is 10.0 Å². The molecule has 0 spiro atoms. The molecule has 1 fully saturated rings. The zero-order chi connectivity index (χ0) is 14.7. The van der Waals surface area contributed by atoms with Gasteiger partial charge in [0, 0.05) is 6.04 Å². The van der Waals surface area contributed by atoms with E-state index in [0.717, 1.165) is 37.1 Å². The van der Waals surface area contributed by atoms with Crippen LogP contribution in [0.2, 0.25) is 0 Å². The third-order valence-electron chi connectivity index (χ3n) is 4.26. The van der Waals surface area contributed by atoms with E-state index in [1.54, 1.807) is 0 Å². The lowest BCUT2D eigenvalue weighted by molar-refractivity contribution is -0.144. The third kappa shape index (κ3) is 3.38. The smallest absolute Gasteiger partial charge is 0.325 e. The lowest BCUT2D eigenvalue weighted by Gasteiger charge is -2.38. The molecule has 0 aromatic heterocycles. The molecule has 0 saturated carbocycles. The van der Waals surface area contributed by atoms with Crippen LogP contribution in [-0.4, -0.2) is 54.1 Å². The molecule has 1 N–H and O–H groups in total. The Kier molecular flexibility index (Phi) is 4.78. The van der Waals surface area contributed by atoms with Gasteiger partial charge in [-0.15, -0.1) is 0 Å². The molecule has 0 aliphatic carbocycles. The van der Waals surface area contributed by atoms with Crippen LogP contribution in [0.3, 0.4) is 0 Å². The highest BCUT2D eigenvalue weighted by molar-refractivity contribution is 5.75. The summed E-state index contributed by atoms with van der Waals surface area (Å²) in [6, 6.07) is 7.61. The van der Waals surface area contributed by atoms with Crippen molar-refractivity contribution in [3.63, 3.8) is 0 Å². The molecular formula is C16H24N2O2. The van der Waals surface area contributed by atoms with Gasteiger partial charge in [-0.3, -0.25) is 9.69 Å². The summed E-state index contributed by atoms with van der Waals surface area (Å²) in [6.45, 7) is 4.07. The zero-order valence-electron chi connectivity index (χ0n) is 12.5. The van der Waals surface area contributed by atoms with Crippen molar-refractivity contribution in [1.29, 1.82) is 0 Å². The van der Waals surface area contributed by atoms with Crippen molar-refractivity contribution in [2.45, 2.75) is 31.8 Å². The monoisotopic (exact) mass is 276 g/mol. The number of nitrogens with zero attached hydrogens (tertiary/aromatic N) is 2. The van der Waals surface area contributed by atoms with E-state index >= 15 is 0 Å². The van der Waals surface area contributed by atoms with Gasteiger partial charge in [0.2, 0.25) is 0 Å². The third-order valence-corrected chi connectivity index (χ3v) is 4.26. The first kappa shape index (κ1) is 15.0. The lowest BCUT2D eigenvalue weighted by atomic mass is 9.98. The van der Waals surface area contributed by atoms with Crippen LogP contribution < -0.4 is 0 Å². The largest absolute Gasteiger partial charge is 0.480 e. The standard InChI is InChI=1S/C16H24N2O2/c1-12-5-4-6-13(11-12)15(16(19)20)18(3)14-7-9-17(2)10-8-14/h4-6,11,14-15H,7-10H2,1-3H3,(H,19,20). The maximum absolute atomic E-state index is 11.7. The highest BCUT2D eigenvalue weighted by atomic mass is 16.4. The molecule has 1 saturated heterocycles. The van der Waals surface area contributed by atoms with Gasteiger partial charge in [0.05, 0.1) is 0 Å². The SMILES string of the molecule is Cc1cccc(C(C(=O)O)N(C)C2CCN(C)CC2)c1. The molecule has 1 aromatic carbocycles. The molecule has 20 heavy (non-hydrogen) atoms. The van der Waals surface area contributed by atoms with Crippen LogP contribution in [-0.2, 0) is 4.79 Å². The molecule has 1 atom stereocenters. The maximum atomic E-state index is 11.7. The van der Waals surface area contributed by atoms with E-state index in [4.69, 9.17) is 0 Å². The average molecular weight is 276 g/mol. The molecule has 1 heterocycles. The van der Waals surface area contributed by atoms with Crippen molar-refractivity contribution >= 4 is 5.97 Å².